The molecule has 2 nitrogen and oxygen atoms in total. The molecule has 0 aliphatic heterocycles. The molecule has 13 heavy (non-hydrogen) atoms. The molecule has 0 amide bonds. The van der Waals surface area contributed by atoms with E-state index in [2.05, 4.69) is 16.5 Å². The van der Waals surface area contributed by atoms with Crippen LogP contribution in [0.5, 0.6) is 0 Å². The summed E-state index contributed by atoms with van der Waals surface area (Å²) in [5.41, 5.74) is 2.19. The lowest BCUT2D eigenvalue weighted by molar-refractivity contribution is 1.31. The SMILES string of the molecule is C=Cc1cccc(-c2ncc[nH]2)c1. The van der Waals surface area contributed by atoms with E-state index in [4.69, 9.17) is 0 Å². The highest BCUT2D eigenvalue weighted by Gasteiger charge is 1.98. The van der Waals surface area contributed by atoms with Crippen molar-refractivity contribution in [3.8, 4) is 11.4 Å². The summed E-state index contributed by atoms with van der Waals surface area (Å²) in [6.45, 7) is 3.72. The number of nitrogens with zero attached hydrogens (tertiary/aromatic N) is 1. The number of nitrogens with one attached hydrogen (secondary N) is 1. The number of aromatic amines is 1. The number of hydrogen-bond acceptors (Lipinski definition) is 1. The Morgan fingerprint density at radius 3 is 3.00 bits per heavy atom. The molecule has 1 N–H and O–H groups in total. The van der Waals surface area contributed by atoms with Crippen LogP contribution in [0.15, 0.2) is 43.2 Å². The van der Waals surface area contributed by atoms with Gasteiger partial charge in [0, 0.05) is 18.0 Å². The molecule has 1 aromatic carbocycles. The second kappa shape index (κ2) is 3.27. The van der Waals surface area contributed by atoms with Crippen molar-refractivity contribution >= 4 is 6.08 Å². The van der Waals surface area contributed by atoms with Crippen molar-refractivity contribution in [2.24, 2.45) is 0 Å². The first kappa shape index (κ1) is 7.80. The maximum atomic E-state index is 4.17. The van der Waals surface area contributed by atoms with Gasteiger partial charge in [-0.15, -0.1) is 0 Å². The van der Waals surface area contributed by atoms with Gasteiger partial charge in [0.25, 0.3) is 0 Å². The molecular weight excluding hydrogens is 160 g/mol. The average Bonchev–Trinajstić information content (AvgIpc) is 2.71. The molecule has 0 saturated carbocycles. The molecule has 0 radical (unpaired) electrons. The van der Waals surface area contributed by atoms with Crippen LogP contribution in [-0.2, 0) is 0 Å². The van der Waals surface area contributed by atoms with Crippen molar-refractivity contribution in [3.05, 3.63) is 48.8 Å². The summed E-state index contributed by atoms with van der Waals surface area (Å²) in [5.74, 6) is 0.892. The summed E-state index contributed by atoms with van der Waals surface area (Å²) in [4.78, 5) is 7.23. The fraction of sp³-hybridized carbons (Fsp3) is 0. The molecule has 0 atom stereocenters. The van der Waals surface area contributed by atoms with E-state index in [0.29, 0.717) is 0 Å². The van der Waals surface area contributed by atoms with Crippen LogP contribution >= 0.6 is 0 Å². The lowest BCUT2D eigenvalue weighted by atomic mass is 10.1. The van der Waals surface area contributed by atoms with Crippen LogP contribution in [0.25, 0.3) is 17.5 Å². The van der Waals surface area contributed by atoms with E-state index in [1.165, 1.54) is 0 Å². The first-order chi connectivity index (χ1) is 6.40. The first-order valence-corrected chi connectivity index (χ1v) is 4.12. The van der Waals surface area contributed by atoms with E-state index < -0.39 is 0 Å². The van der Waals surface area contributed by atoms with Gasteiger partial charge in [-0.25, -0.2) is 4.98 Å². The number of hydrogen-bond donors (Lipinski definition) is 1. The van der Waals surface area contributed by atoms with Gasteiger partial charge in [0.05, 0.1) is 0 Å². The zero-order chi connectivity index (χ0) is 9.10. The summed E-state index contributed by atoms with van der Waals surface area (Å²) in [6, 6.07) is 8.08. The van der Waals surface area contributed by atoms with Crippen LogP contribution < -0.4 is 0 Å². The first-order valence-electron chi connectivity index (χ1n) is 4.12. The van der Waals surface area contributed by atoms with E-state index >= 15 is 0 Å². The van der Waals surface area contributed by atoms with Crippen molar-refractivity contribution in [1.82, 2.24) is 9.97 Å². The van der Waals surface area contributed by atoms with E-state index in [-0.39, 0.29) is 0 Å². The Kier molecular flexibility index (Phi) is 1.96. The molecule has 0 unspecified atom stereocenters. The molecule has 0 spiro atoms. The molecule has 0 aliphatic carbocycles. The highest BCUT2D eigenvalue weighted by Crippen LogP contribution is 2.16. The molecule has 2 rings (SSSR count). The van der Waals surface area contributed by atoms with Crippen LogP contribution in [0.1, 0.15) is 5.56 Å². The van der Waals surface area contributed by atoms with Gasteiger partial charge >= 0.3 is 0 Å². The third kappa shape index (κ3) is 1.51. The minimum Gasteiger partial charge on any atom is -0.345 e. The quantitative estimate of drug-likeness (QED) is 0.737. The third-order valence-corrected chi connectivity index (χ3v) is 1.89. The van der Waals surface area contributed by atoms with E-state index in [0.717, 1.165) is 17.0 Å². The van der Waals surface area contributed by atoms with Gasteiger partial charge in [-0.3, -0.25) is 0 Å². The van der Waals surface area contributed by atoms with E-state index in [1.807, 2.05) is 36.5 Å². The van der Waals surface area contributed by atoms with Crippen molar-refractivity contribution in [2.75, 3.05) is 0 Å². The zero-order valence-electron chi connectivity index (χ0n) is 7.20. The topological polar surface area (TPSA) is 28.7 Å². The summed E-state index contributed by atoms with van der Waals surface area (Å²) in [6.07, 6.45) is 5.39. The molecule has 0 fully saturated rings. The Morgan fingerprint density at radius 2 is 2.31 bits per heavy atom. The lowest BCUT2D eigenvalue weighted by Crippen LogP contribution is -1.80. The van der Waals surface area contributed by atoms with Gasteiger partial charge < -0.3 is 4.98 Å². The van der Waals surface area contributed by atoms with Gasteiger partial charge in [-0.2, -0.15) is 0 Å². The summed E-state index contributed by atoms with van der Waals surface area (Å²) in [7, 11) is 0. The summed E-state index contributed by atoms with van der Waals surface area (Å²) >= 11 is 0. The predicted octanol–water partition coefficient (Wildman–Crippen LogP) is 2.72. The molecule has 0 saturated heterocycles. The van der Waals surface area contributed by atoms with Gasteiger partial charge in [-0.1, -0.05) is 30.9 Å². The molecular formula is C11H10N2. The highest BCUT2D eigenvalue weighted by molar-refractivity contribution is 5.61. The minimum atomic E-state index is 0.892. The largest absolute Gasteiger partial charge is 0.345 e. The number of aromatic nitrogens is 2. The normalized spacial score (nSPS) is 9.85. The highest BCUT2D eigenvalue weighted by atomic mass is 14.9. The molecule has 1 aromatic heterocycles. The molecule has 64 valence electrons. The fourth-order valence-corrected chi connectivity index (χ4v) is 1.24. The number of benzene rings is 1. The second-order valence-electron chi connectivity index (χ2n) is 2.77. The molecule has 2 heteroatoms. The Labute approximate surface area is 77.0 Å². The summed E-state index contributed by atoms with van der Waals surface area (Å²) in [5, 5.41) is 0. The maximum Gasteiger partial charge on any atom is 0.137 e. The standard InChI is InChI=1S/C11H10N2/c1-2-9-4-3-5-10(8-9)11-12-6-7-13-11/h2-8H,1H2,(H,12,13). The Hall–Kier alpha value is -1.83. The van der Waals surface area contributed by atoms with Crippen LogP contribution in [0.2, 0.25) is 0 Å². The van der Waals surface area contributed by atoms with Crippen LogP contribution in [-0.4, -0.2) is 9.97 Å². The van der Waals surface area contributed by atoms with Crippen molar-refractivity contribution in [3.63, 3.8) is 0 Å². The van der Waals surface area contributed by atoms with Crippen LogP contribution in [0, 0.1) is 0 Å². The average molecular weight is 170 g/mol. The molecule has 2 aromatic rings. The van der Waals surface area contributed by atoms with E-state index in [1.54, 1.807) is 6.20 Å². The van der Waals surface area contributed by atoms with E-state index in [9.17, 15) is 0 Å². The maximum absolute atomic E-state index is 4.17. The van der Waals surface area contributed by atoms with Gasteiger partial charge in [0.15, 0.2) is 0 Å². The molecule has 1 heterocycles. The van der Waals surface area contributed by atoms with Crippen molar-refractivity contribution in [2.45, 2.75) is 0 Å². The predicted molar refractivity (Wildman–Crippen MR) is 54.1 cm³/mol. The Bertz CT molecular complexity index is 402. The zero-order valence-corrected chi connectivity index (χ0v) is 7.20. The molecule has 0 bridgehead atoms. The fourth-order valence-electron chi connectivity index (χ4n) is 1.24. The smallest absolute Gasteiger partial charge is 0.137 e. The molecule has 0 aliphatic rings. The minimum absolute atomic E-state index is 0.892. The van der Waals surface area contributed by atoms with Crippen molar-refractivity contribution in [1.29, 1.82) is 0 Å². The third-order valence-electron chi connectivity index (χ3n) is 1.89. The number of rotatable bonds is 2. The second-order valence-corrected chi connectivity index (χ2v) is 2.77. The van der Waals surface area contributed by atoms with Gasteiger partial charge in [-0.05, 0) is 11.6 Å². The lowest BCUT2D eigenvalue weighted by Gasteiger charge is -1.97. The van der Waals surface area contributed by atoms with Crippen LogP contribution in [0.3, 0.4) is 0 Å². The van der Waals surface area contributed by atoms with Gasteiger partial charge in [0.1, 0.15) is 5.82 Å². The van der Waals surface area contributed by atoms with Gasteiger partial charge in [0.2, 0.25) is 0 Å². The number of imidazole rings is 1. The Morgan fingerprint density at radius 1 is 1.38 bits per heavy atom. The Balaban J connectivity index is 2.47. The number of H-pyrrole nitrogens is 1. The van der Waals surface area contributed by atoms with Crippen molar-refractivity contribution < 1.29 is 0 Å². The monoisotopic (exact) mass is 170 g/mol. The van der Waals surface area contributed by atoms with Crippen LogP contribution in [0.4, 0.5) is 0 Å². The summed E-state index contributed by atoms with van der Waals surface area (Å²) < 4.78 is 0.